The standard InChI is InChI=1S/C18H32N4O2.ClH/c23-17(20-12-14-5-3-9-19-11-14)15-6-4-10-22(13-15)18(24)21-16-7-1-2-8-16;/h14-16,19H,1-13H2,(H,20,23)(H,21,24);1H. The normalized spacial score (nSPS) is 27.4. The fourth-order valence-electron chi connectivity index (χ4n) is 4.20. The van der Waals surface area contributed by atoms with Gasteiger partial charge in [-0.3, -0.25) is 4.79 Å². The number of nitrogens with one attached hydrogen (secondary N) is 3. The molecule has 2 unspecified atom stereocenters. The van der Waals surface area contributed by atoms with Crippen LogP contribution >= 0.6 is 12.4 Å². The number of carbonyl (C=O) groups excluding carboxylic acids is 2. The van der Waals surface area contributed by atoms with E-state index in [1.54, 1.807) is 0 Å². The average molecular weight is 373 g/mol. The molecule has 1 saturated carbocycles. The Bertz CT molecular complexity index is 437. The first-order chi connectivity index (χ1) is 11.7. The van der Waals surface area contributed by atoms with Crippen molar-refractivity contribution in [3.63, 3.8) is 0 Å². The van der Waals surface area contributed by atoms with E-state index >= 15 is 0 Å². The Labute approximate surface area is 157 Å². The summed E-state index contributed by atoms with van der Waals surface area (Å²) >= 11 is 0. The largest absolute Gasteiger partial charge is 0.355 e. The summed E-state index contributed by atoms with van der Waals surface area (Å²) in [6.45, 7) is 4.19. The maximum absolute atomic E-state index is 12.5. The van der Waals surface area contributed by atoms with Crippen LogP contribution in [-0.4, -0.2) is 55.6 Å². The summed E-state index contributed by atoms with van der Waals surface area (Å²) < 4.78 is 0. The van der Waals surface area contributed by atoms with Crippen molar-refractivity contribution in [2.24, 2.45) is 11.8 Å². The molecule has 2 atom stereocenters. The van der Waals surface area contributed by atoms with Gasteiger partial charge in [-0.25, -0.2) is 4.79 Å². The van der Waals surface area contributed by atoms with Gasteiger partial charge in [-0.05, 0) is 57.5 Å². The molecule has 0 bridgehead atoms. The van der Waals surface area contributed by atoms with E-state index in [2.05, 4.69) is 16.0 Å². The summed E-state index contributed by atoms with van der Waals surface area (Å²) in [5, 5.41) is 9.64. The molecule has 0 spiro atoms. The van der Waals surface area contributed by atoms with Crippen molar-refractivity contribution >= 4 is 24.3 Å². The van der Waals surface area contributed by atoms with Gasteiger partial charge in [-0.2, -0.15) is 0 Å². The Hall–Kier alpha value is -1.01. The molecule has 0 aromatic heterocycles. The number of nitrogens with zero attached hydrogens (tertiary/aromatic N) is 1. The van der Waals surface area contributed by atoms with Crippen molar-refractivity contribution < 1.29 is 9.59 Å². The molecule has 7 heteroatoms. The molecule has 0 aromatic carbocycles. The third kappa shape index (κ3) is 6.03. The molecule has 3 rings (SSSR count). The van der Waals surface area contributed by atoms with E-state index in [0.717, 1.165) is 51.9 Å². The second kappa shape index (κ2) is 10.2. The fourth-order valence-corrected chi connectivity index (χ4v) is 4.20. The van der Waals surface area contributed by atoms with Crippen LogP contribution < -0.4 is 16.0 Å². The zero-order chi connectivity index (χ0) is 16.8. The van der Waals surface area contributed by atoms with E-state index in [1.807, 2.05) is 4.90 Å². The summed E-state index contributed by atoms with van der Waals surface area (Å²) in [7, 11) is 0. The lowest BCUT2D eigenvalue weighted by molar-refractivity contribution is -0.126. The third-order valence-electron chi connectivity index (χ3n) is 5.73. The van der Waals surface area contributed by atoms with Gasteiger partial charge in [0.05, 0.1) is 5.92 Å². The molecule has 3 fully saturated rings. The molecule has 3 amide bonds. The van der Waals surface area contributed by atoms with Crippen molar-refractivity contribution in [1.82, 2.24) is 20.9 Å². The number of urea groups is 1. The van der Waals surface area contributed by atoms with Crippen LogP contribution in [0.15, 0.2) is 0 Å². The topological polar surface area (TPSA) is 73.5 Å². The molecule has 0 aromatic rings. The van der Waals surface area contributed by atoms with Gasteiger partial charge < -0.3 is 20.9 Å². The van der Waals surface area contributed by atoms with Crippen molar-refractivity contribution in [1.29, 1.82) is 0 Å². The number of hydrogen-bond acceptors (Lipinski definition) is 3. The molecule has 6 nitrogen and oxygen atoms in total. The number of rotatable bonds is 4. The predicted molar refractivity (Wildman–Crippen MR) is 101 cm³/mol. The van der Waals surface area contributed by atoms with Crippen LogP contribution in [0, 0.1) is 11.8 Å². The zero-order valence-electron chi connectivity index (χ0n) is 15.1. The number of hydrogen-bond donors (Lipinski definition) is 3. The predicted octanol–water partition coefficient (Wildman–Crippen LogP) is 1.89. The Morgan fingerprint density at radius 1 is 1.04 bits per heavy atom. The fraction of sp³-hybridized carbons (Fsp3) is 0.889. The van der Waals surface area contributed by atoms with Gasteiger partial charge in [0.15, 0.2) is 0 Å². The van der Waals surface area contributed by atoms with E-state index in [0.29, 0.717) is 18.5 Å². The number of carbonyl (C=O) groups is 2. The second-order valence-corrected chi connectivity index (χ2v) is 7.67. The molecule has 0 radical (unpaired) electrons. The van der Waals surface area contributed by atoms with E-state index in [1.165, 1.54) is 25.7 Å². The number of piperidine rings is 2. The number of halogens is 1. The van der Waals surface area contributed by atoms with Crippen LogP contribution in [0.4, 0.5) is 4.79 Å². The van der Waals surface area contributed by atoms with Gasteiger partial charge in [0, 0.05) is 25.7 Å². The highest BCUT2D eigenvalue weighted by Crippen LogP contribution is 2.20. The van der Waals surface area contributed by atoms with Gasteiger partial charge in [0.1, 0.15) is 0 Å². The highest BCUT2D eigenvalue weighted by molar-refractivity contribution is 5.85. The molecule has 3 aliphatic rings. The van der Waals surface area contributed by atoms with Crippen LogP contribution in [0.25, 0.3) is 0 Å². The molecule has 3 N–H and O–H groups in total. The Kier molecular flexibility index (Phi) is 8.30. The molecule has 25 heavy (non-hydrogen) atoms. The van der Waals surface area contributed by atoms with E-state index in [-0.39, 0.29) is 30.3 Å². The minimum atomic E-state index is -0.0513. The van der Waals surface area contributed by atoms with Crippen LogP contribution in [0.2, 0.25) is 0 Å². The monoisotopic (exact) mass is 372 g/mol. The smallest absolute Gasteiger partial charge is 0.317 e. The first-order valence-corrected chi connectivity index (χ1v) is 9.76. The van der Waals surface area contributed by atoms with Gasteiger partial charge >= 0.3 is 6.03 Å². The van der Waals surface area contributed by atoms with E-state index in [4.69, 9.17) is 0 Å². The first kappa shape index (κ1) is 20.3. The van der Waals surface area contributed by atoms with Crippen LogP contribution in [0.5, 0.6) is 0 Å². The van der Waals surface area contributed by atoms with Crippen molar-refractivity contribution in [3.05, 3.63) is 0 Å². The lowest BCUT2D eigenvalue weighted by Crippen LogP contribution is -2.51. The number of likely N-dealkylation sites (tertiary alicyclic amines) is 1. The summed E-state index contributed by atoms with van der Waals surface area (Å²) in [6.07, 6.45) is 8.81. The average Bonchev–Trinajstić information content (AvgIpc) is 3.13. The van der Waals surface area contributed by atoms with Gasteiger partial charge in [-0.1, -0.05) is 12.8 Å². The zero-order valence-corrected chi connectivity index (χ0v) is 15.9. The van der Waals surface area contributed by atoms with Crippen molar-refractivity contribution in [2.45, 2.75) is 57.4 Å². The highest BCUT2D eigenvalue weighted by atomic mass is 35.5. The highest BCUT2D eigenvalue weighted by Gasteiger charge is 2.30. The Morgan fingerprint density at radius 3 is 2.56 bits per heavy atom. The van der Waals surface area contributed by atoms with Gasteiger partial charge in [0.25, 0.3) is 0 Å². The minimum absolute atomic E-state index is 0. The summed E-state index contributed by atoms with van der Waals surface area (Å²) in [5.41, 5.74) is 0. The first-order valence-electron chi connectivity index (χ1n) is 9.76. The SMILES string of the molecule is Cl.O=C(NCC1CCCNC1)C1CCCN(C(=O)NC2CCCC2)C1. The molecule has 2 saturated heterocycles. The molecular weight excluding hydrogens is 340 g/mol. The lowest BCUT2D eigenvalue weighted by atomic mass is 9.96. The van der Waals surface area contributed by atoms with Crippen LogP contribution in [0.1, 0.15) is 51.4 Å². The Balaban J connectivity index is 0.00000225. The van der Waals surface area contributed by atoms with Crippen molar-refractivity contribution in [3.8, 4) is 0 Å². The number of amides is 3. The summed E-state index contributed by atoms with van der Waals surface area (Å²) in [6, 6.07) is 0.362. The maximum atomic E-state index is 12.5. The van der Waals surface area contributed by atoms with Crippen LogP contribution in [0.3, 0.4) is 0 Å². The lowest BCUT2D eigenvalue weighted by Gasteiger charge is -2.33. The molecular formula is C18H33ClN4O2. The summed E-state index contributed by atoms with van der Waals surface area (Å²) in [5.74, 6) is 0.622. The van der Waals surface area contributed by atoms with Crippen LogP contribution in [-0.2, 0) is 4.79 Å². The van der Waals surface area contributed by atoms with Gasteiger partial charge in [0.2, 0.25) is 5.91 Å². The third-order valence-corrected chi connectivity index (χ3v) is 5.73. The summed E-state index contributed by atoms with van der Waals surface area (Å²) in [4.78, 5) is 26.7. The van der Waals surface area contributed by atoms with Crippen molar-refractivity contribution in [2.75, 3.05) is 32.7 Å². The molecule has 1 aliphatic carbocycles. The molecule has 2 aliphatic heterocycles. The quantitative estimate of drug-likeness (QED) is 0.705. The van der Waals surface area contributed by atoms with E-state index < -0.39 is 0 Å². The Morgan fingerprint density at radius 2 is 1.84 bits per heavy atom. The van der Waals surface area contributed by atoms with E-state index in [9.17, 15) is 9.59 Å². The minimum Gasteiger partial charge on any atom is -0.355 e. The molecule has 144 valence electrons. The second-order valence-electron chi connectivity index (χ2n) is 7.67. The molecule has 2 heterocycles. The maximum Gasteiger partial charge on any atom is 0.317 e. The van der Waals surface area contributed by atoms with Gasteiger partial charge in [-0.15, -0.1) is 12.4 Å².